The number of benzene rings is 2. The van der Waals surface area contributed by atoms with E-state index in [0.29, 0.717) is 5.56 Å². The van der Waals surface area contributed by atoms with Gasteiger partial charge in [-0.15, -0.1) is 0 Å². The van der Waals surface area contributed by atoms with Gasteiger partial charge in [-0.25, -0.2) is 17.8 Å². The van der Waals surface area contributed by atoms with Crippen molar-refractivity contribution in [3.05, 3.63) is 65.9 Å². The molecule has 0 aliphatic rings. The van der Waals surface area contributed by atoms with Gasteiger partial charge in [-0.2, -0.15) is 18.3 Å². The number of ether oxygens (including phenoxy) is 1. The summed E-state index contributed by atoms with van der Waals surface area (Å²) in [6.45, 7) is 2.04. The quantitative estimate of drug-likeness (QED) is 0.359. The fourth-order valence-corrected chi connectivity index (χ4v) is 4.05. The van der Waals surface area contributed by atoms with Gasteiger partial charge in [0.15, 0.2) is 5.69 Å². The number of carbonyl (C=O) groups excluding carboxylic acids is 2. The SMILES string of the molecule is Cc1ccc(-c2cc(C(F)(F)F)nn2-c2ccc(S(=O)(=O)NC(=O)CCCOC=O)cc2)cc1. The van der Waals surface area contributed by atoms with Gasteiger partial charge in [-0.1, -0.05) is 29.8 Å². The van der Waals surface area contributed by atoms with Crippen LogP contribution in [0.5, 0.6) is 0 Å². The Labute approximate surface area is 193 Å². The molecule has 0 unspecified atom stereocenters. The topological polar surface area (TPSA) is 107 Å². The minimum atomic E-state index is -4.67. The zero-order chi connectivity index (χ0) is 24.9. The number of hydrogen-bond donors (Lipinski definition) is 1. The molecule has 0 fully saturated rings. The molecule has 2 aromatic carbocycles. The first-order valence-corrected chi connectivity index (χ1v) is 11.5. The minimum Gasteiger partial charge on any atom is -0.468 e. The molecule has 0 radical (unpaired) electrons. The molecule has 0 atom stereocenters. The number of carbonyl (C=O) groups is 2. The summed E-state index contributed by atoms with van der Waals surface area (Å²) in [5.74, 6) is -0.790. The molecule has 1 aromatic heterocycles. The molecule has 0 spiro atoms. The second-order valence-corrected chi connectivity index (χ2v) is 8.97. The second kappa shape index (κ2) is 10.1. The molecule has 0 saturated heterocycles. The summed E-state index contributed by atoms with van der Waals surface area (Å²) in [6.07, 6.45) is -4.71. The third kappa shape index (κ3) is 6.01. The number of alkyl halides is 3. The Morgan fingerprint density at radius 1 is 1.12 bits per heavy atom. The Kier molecular flexibility index (Phi) is 7.40. The Morgan fingerprint density at radius 3 is 2.35 bits per heavy atom. The Balaban J connectivity index is 1.87. The Morgan fingerprint density at radius 2 is 1.76 bits per heavy atom. The highest BCUT2D eigenvalue weighted by atomic mass is 32.2. The van der Waals surface area contributed by atoms with Crippen molar-refractivity contribution in [2.24, 2.45) is 0 Å². The molecule has 8 nitrogen and oxygen atoms in total. The normalized spacial score (nSPS) is 11.8. The van der Waals surface area contributed by atoms with Crippen LogP contribution < -0.4 is 4.72 Å². The fourth-order valence-electron chi connectivity index (χ4n) is 3.04. The van der Waals surface area contributed by atoms with Crippen LogP contribution in [-0.2, 0) is 30.5 Å². The summed E-state index contributed by atoms with van der Waals surface area (Å²) in [4.78, 5) is 21.7. The van der Waals surface area contributed by atoms with Crippen molar-refractivity contribution in [1.29, 1.82) is 0 Å². The van der Waals surface area contributed by atoms with Crippen LogP contribution in [0.1, 0.15) is 24.1 Å². The van der Waals surface area contributed by atoms with Crippen LogP contribution in [0.4, 0.5) is 13.2 Å². The summed E-state index contributed by atoms with van der Waals surface area (Å²) in [5, 5.41) is 3.68. The van der Waals surface area contributed by atoms with E-state index in [1.807, 2.05) is 11.6 Å². The van der Waals surface area contributed by atoms with Gasteiger partial charge in [0.1, 0.15) is 0 Å². The number of rotatable bonds is 9. The van der Waals surface area contributed by atoms with Crippen LogP contribution in [0.25, 0.3) is 16.9 Å². The average Bonchev–Trinajstić information content (AvgIpc) is 3.23. The van der Waals surface area contributed by atoms with Gasteiger partial charge in [-0.05, 0) is 43.7 Å². The van der Waals surface area contributed by atoms with Crippen molar-refractivity contribution in [2.75, 3.05) is 6.61 Å². The largest absolute Gasteiger partial charge is 0.468 e. The molecule has 0 aliphatic carbocycles. The molecule has 180 valence electrons. The molecular weight excluding hydrogens is 475 g/mol. The van der Waals surface area contributed by atoms with Gasteiger partial charge in [0.05, 0.1) is 22.9 Å². The lowest BCUT2D eigenvalue weighted by molar-refractivity contribution is -0.141. The predicted octanol–water partition coefficient (Wildman–Crippen LogP) is 3.62. The number of nitrogens with one attached hydrogen (secondary N) is 1. The van der Waals surface area contributed by atoms with Gasteiger partial charge in [0.25, 0.3) is 16.5 Å². The highest BCUT2D eigenvalue weighted by Crippen LogP contribution is 2.33. The summed E-state index contributed by atoms with van der Waals surface area (Å²) in [6, 6.07) is 12.7. The molecule has 12 heteroatoms. The van der Waals surface area contributed by atoms with Gasteiger partial charge < -0.3 is 4.74 Å². The molecule has 0 saturated carbocycles. The number of amides is 1. The van der Waals surface area contributed by atoms with E-state index in [-0.39, 0.29) is 42.2 Å². The number of nitrogens with zero attached hydrogens (tertiary/aromatic N) is 2. The van der Waals surface area contributed by atoms with Gasteiger partial charge in [-0.3, -0.25) is 9.59 Å². The van der Waals surface area contributed by atoms with E-state index in [0.717, 1.165) is 28.4 Å². The minimum absolute atomic E-state index is 0.0290. The summed E-state index contributed by atoms with van der Waals surface area (Å²) >= 11 is 0. The third-order valence-electron chi connectivity index (χ3n) is 4.72. The summed E-state index contributed by atoms with van der Waals surface area (Å²) in [5.41, 5.74) is 0.705. The van der Waals surface area contributed by atoms with Gasteiger partial charge in [0, 0.05) is 12.0 Å². The Bertz CT molecular complexity index is 1270. The highest BCUT2D eigenvalue weighted by Gasteiger charge is 2.35. The molecule has 1 N–H and O–H groups in total. The van der Waals surface area contributed by atoms with E-state index in [2.05, 4.69) is 9.84 Å². The highest BCUT2D eigenvalue weighted by molar-refractivity contribution is 7.90. The van der Waals surface area contributed by atoms with E-state index in [9.17, 15) is 31.2 Å². The van der Waals surface area contributed by atoms with E-state index in [1.54, 1.807) is 24.3 Å². The number of halogens is 3. The van der Waals surface area contributed by atoms with Crippen LogP contribution in [-0.4, -0.2) is 37.2 Å². The van der Waals surface area contributed by atoms with Crippen molar-refractivity contribution in [1.82, 2.24) is 14.5 Å². The maximum Gasteiger partial charge on any atom is 0.435 e. The van der Waals surface area contributed by atoms with E-state index in [4.69, 9.17) is 0 Å². The zero-order valence-electron chi connectivity index (χ0n) is 17.9. The van der Waals surface area contributed by atoms with Crippen LogP contribution >= 0.6 is 0 Å². The monoisotopic (exact) mass is 495 g/mol. The van der Waals surface area contributed by atoms with Crippen LogP contribution in [0.3, 0.4) is 0 Å². The second-order valence-electron chi connectivity index (χ2n) is 7.28. The van der Waals surface area contributed by atoms with Crippen LogP contribution in [0.15, 0.2) is 59.5 Å². The molecule has 1 heterocycles. The predicted molar refractivity (Wildman–Crippen MR) is 115 cm³/mol. The van der Waals surface area contributed by atoms with Gasteiger partial charge in [0.2, 0.25) is 5.91 Å². The first-order chi connectivity index (χ1) is 16.0. The molecule has 0 bridgehead atoms. The average molecular weight is 495 g/mol. The first kappa shape index (κ1) is 25.0. The fraction of sp³-hybridized carbons (Fsp3) is 0.227. The van der Waals surface area contributed by atoms with Crippen LogP contribution in [0, 0.1) is 6.92 Å². The van der Waals surface area contributed by atoms with Crippen molar-refractivity contribution < 1.29 is 35.9 Å². The van der Waals surface area contributed by atoms with Crippen molar-refractivity contribution in [3.63, 3.8) is 0 Å². The third-order valence-corrected chi connectivity index (χ3v) is 6.11. The van der Waals surface area contributed by atoms with E-state index < -0.39 is 27.8 Å². The van der Waals surface area contributed by atoms with Gasteiger partial charge >= 0.3 is 6.18 Å². The Hall–Kier alpha value is -3.67. The maximum atomic E-state index is 13.3. The number of aromatic nitrogens is 2. The molecule has 3 rings (SSSR count). The maximum absolute atomic E-state index is 13.3. The van der Waals surface area contributed by atoms with E-state index in [1.165, 1.54) is 12.1 Å². The first-order valence-electron chi connectivity index (χ1n) is 9.97. The summed E-state index contributed by atoms with van der Waals surface area (Å²) < 4.78 is 72.3. The lowest BCUT2D eigenvalue weighted by Gasteiger charge is -2.10. The molecular formula is C22H20F3N3O5S. The zero-order valence-corrected chi connectivity index (χ0v) is 18.7. The van der Waals surface area contributed by atoms with Crippen molar-refractivity contribution >= 4 is 22.4 Å². The van der Waals surface area contributed by atoms with Crippen molar-refractivity contribution in [3.8, 4) is 16.9 Å². The molecule has 3 aromatic rings. The lowest BCUT2D eigenvalue weighted by Crippen LogP contribution is -2.30. The number of sulfonamides is 1. The smallest absolute Gasteiger partial charge is 0.435 e. The number of hydrogen-bond acceptors (Lipinski definition) is 6. The summed E-state index contributed by atoms with van der Waals surface area (Å²) in [7, 11) is -4.21. The molecule has 1 amide bonds. The van der Waals surface area contributed by atoms with E-state index >= 15 is 0 Å². The number of aryl methyl sites for hydroxylation is 1. The molecule has 34 heavy (non-hydrogen) atoms. The lowest BCUT2D eigenvalue weighted by atomic mass is 10.1. The van der Waals surface area contributed by atoms with Crippen molar-refractivity contribution in [2.45, 2.75) is 30.8 Å². The standard InChI is InChI=1S/C22H20F3N3O5S/c1-15-4-6-16(7-5-15)19-13-20(22(23,24)25)26-28(19)17-8-10-18(11-9-17)34(31,32)27-21(30)3-2-12-33-14-29/h4-11,13-14H,2-3,12H2,1H3,(H,27,30). The van der Waals surface area contributed by atoms with Crippen LogP contribution in [0.2, 0.25) is 0 Å². The molecule has 0 aliphatic heterocycles.